The molecule has 0 amide bonds. The molecule has 7 nitrogen and oxygen atoms in total. The number of nitrogens with zero attached hydrogens (tertiary/aromatic N) is 3. The van der Waals surface area contributed by atoms with Crippen LogP contribution in [0.4, 0.5) is 0 Å². The predicted octanol–water partition coefficient (Wildman–Crippen LogP) is 3.08. The molecule has 1 fully saturated rings. The molecule has 0 saturated carbocycles. The Balaban J connectivity index is 1.44. The van der Waals surface area contributed by atoms with Gasteiger partial charge in [0.05, 0.1) is 30.2 Å². The number of guanidine groups is 1. The quantitative estimate of drug-likeness (QED) is 0.331. The molecular weight excluding hydrogens is 410 g/mol. The monoisotopic (exact) mass is 447 g/mol. The number of ether oxygens (including phenoxy) is 1. The third kappa shape index (κ3) is 8.63. The van der Waals surface area contributed by atoms with Gasteiger partial charge >= 0.3 is 0 Å². The molecule has 3 rings (SSSR count). The van der Waals surface area contributed by atoms with E-state index >= 15 is 0 Å². The Morgan fingerprint density at radius 3 is 2.65 bits per heavy atom. The molecule has 172 valence electrons. The highest BCUT2D eigenvalue weighted by Gasteiger charge is 2.17. The SMILES string of the molecule is CC(C)(C)c1nc(CCNC(=NCCCN2CCOCC2)NCCc2ccco2)cs1. The van der Waals surface area contributed by atoms with Gasteiger partial charge in [0.25, 0.3) is 0 Å². The van der Waals surface area contributed by atoms with Crippen molar-refractivity contribution in [2.45, 2.75) is 45.4 Å². The zero-order chi connectivity index (χ0) is 21.9. The number of hydrogen-bond donors (Lipinski definition) is 2. The van der Waals surface area contributed by atoms with Crippen LogP contribution in [0, 0.1) is 0 Å². The predicted molar refractivity (Wildman–Crippen MR) is 127 cm³/mol. The fourth-order valence-electron chi connectivity index (χ4n) is 3.32. The van der Waals surface area contributed by atoms with E-state index in [4.69, 9.17) is 19.1 Å². The summed E-state index contributed by atoms with van der Waals surface area (Å²) < 4.78 is 10.8. The second-order valence-electron chi connectivity index (χ2n) is 8.86. The Morgan fingerprint density at radius 2 is 1.97 bits per heavy atom. The molecule has 1 aliphatic rings. The van der Waals surface area contributed by atoms with Crippen molar-refractivity contribution in [2.75, 3.05) is 52.5 Å². The van der Waals surface area contributed by atoms with Crippen molar-refractivity contribution in [1.82, 2.24) is 20.5 Å². The summed E-state index contributed by atoms with van der Waals surface area (Å²) in [5.74, 6) is 1.84. The van der Waals surface area contributed by atoms with Gasteiger partial charge in [-0.3, -0.25) is 9.89 Å². The van der Waals surface area contributed by atoms with Gasteiger partial charge in [-0.2, -0.15) is 0 Å². The van der Waals surface area contributed by atoms with Crippen LogP contribution in [0.5, 0.6) is 0 Å². The van der Waals surface area contributed by atoms with E-state index in [2.05, 4.69) is 41.7 Å². The number of aromatic nitrogens is 1. The van der Waals surface area contributed by atoms with E-state index in [-0.39, 0.29) is 5.41 Å². The maximum atomic E-state index is 5.43. The number of thiazole rings is 1. The smallest absolute Gasteiger partial charge is 0.191 e. The molecule has 0 atom stereocenters. The van der Waals surface area contributed by atoms with Gasteiger partial charge in [0.15, 0.2) is 5.96 Å². The van der Waals surface area contributed by atoms with Gasteiger partial charge in [-0.1, -0.05) is 20.8 Å². The maximum Gasteiger partial charge on any atom is 0.191 e. The first kappa shape index (κ1) is 23.8. The lowest BCUT2D eigenvalue weighted by Crippen LogP contribution is -2.40. The number of aliphatic imine (C=N–C) groups is 1. The molecule has 0 aliphatic carbocycles. The average Bonchev–Trinajstić information content (AvgIpc) is 3.43. The molecule has 2 aromatic rings. The van der Waals surface area contributed by atoms with Crippen molar-refractivity contribution in [2.24, 2.45) is 4.99 Å². The van der Waals surface area contributed by atoms with Crippen LogP contribution in [0.25, 0.3) is 0 Å². The van der Waals surface area contributed by atoms with Crippen LogP contribution in [0.1, 0.15) is 43.7 Å². The Bertz CT molecular complexity index is 776. The Morgan fingerprint density at radius 1 is 1.19 bits per heavy atom. The van der Waals surface area contributed by atoms with Gasteiger partial charge in [0.1, 0.15) is 5.76 Å². The number of furan rings is 1. The van der Waals surface area contributed by atoms with Crippen molar-refractivity contribution in [3.63, 3.8) is 0 Å². The first-order chi connectivity index (χ1) is 15.0. The van der Waals surface area contributed by atoms with E-state index in [0.717, 1.165) is 89.2 Å². The molecule has 1 aliphatic heterocycles. The average molecular weight is 448 g/mol. The van der Waals surface area contributed by atoms with Crippen molar-refractivity contribution >= 4 is 17.3 Å². The van der Waals surface area contributed by atoms with Gasteiger partial charge in [-0.05, 0) is 18.6 Å². The second kappa shape index (κ2) is 12.2. The van der Waals surface area contributed by atoms with Gasteiger partial charge in [0, 0.05) is 62.9 Å². The Hall–Kier alpha value is -1.90. The molecule has 0 unspecified atom stereocenters. The Labute approximate surface area is 190 Å². The topological polar surface area (TPSA) is 74.9 Å². The van der Waals surface area contributed by atoms with E-state index in [1.807, 2.05) is 12.1 Å². The van der Waals surface area contributed by atoms with E-state index in [0.29, 0.717) is 0 Å². The summed E-state index contributed by atoms with van der Waals surface area (Å²) >= 11 is 1.75. The minimum Gasteiger partial charge on any atom is -0.469 e. The summed E-state index contributed by atoms with van der Waals surface area (Å²) in [6, 6.07) is 3.93. The third-order valence-corrected chi connectivity index (χ3v) is 6.43. The maximum absolute atomic E-state index is 5.43. The summed E-state index contributed by atoms with van der Waals surface area (Å²) in [5, 5.41) is 10.3. The van der Waals surface area contributed by atoms with Crippen molar-refractivity contribution in [3.8, 4) is 0 Å². The van der Waals surface area contributed by atoms with Gasteiger partial charge < -0.3 is 19.8 Å². The molecule has 2 N–H and O–H groups in total. The van der Waals surface area contributed by atoms with Gasteiger partial charge in [-0.15, -0.1) is 11.3 Å². The van der Waals surface area contributed by atoms with Crippen LogP contribution in [-0.2, 0) is 23.0 Å². The molecular formula is C23H37N5O2S. The molecule has 2 aromatic heterocycles. The summed E-state index contributed by atoms with van der Waals surface area (Å²) in [6.07, 6.45) is 4.49. The van der Waals surface area contributed by atoms with Crippen LogP contribution in [-0.4, -0.2) is 68.3 Å². The lowest BCUT2D eigenvalue weighted by Gasteiger charge is -2.26. The standard InChI is InChI=1S/C23H37N5O2S/c1-23(2,3)21-27-19(18-31-21)7-10-25-22(26-11-8-20-6-4-15-30-20)24-9-5-12-28-13-16-29-17-14-28/h4,6,15,18H,5,7-14,16-17H2,1-3H3,(H2,24,25,26). The van der Waals surface area contributed by atoms with Gasteiger partial charge in [-0.25, -0.2) is 4.98 Å². The molecule has 3 heterocycles. The van der Waals surface area contributed by atoms with Crippen LogP contribution in [0.2, 0.25) is 0 Å². The number of hydrogen-bond acceptors (Lipinski definition) is 6. The normalized spacial score (nSPS) is 15.9. The van der Waals surface area contributed by atoms with E-state index < -0.39 is 0 Å². The molecule has 0 bridgehead atoms. The number of nitrogens with one attached hydrogen (secondary N) is 2. The zero-order valence-electron chi connectivity index (χ0n) is 19.2. The van der Waals surface area contributed by atoms with E-state index in [9.17, 15) is 0 Å². The molecule has 0 spiro atoms. The lowest BCUT2D eigenvalue weighted by atomic mass is 9.98. The van der Waals surface area contributed by atoms with Crippen LogP contribution in [0.3, 0.4) is 0 Å². The fraction of sp³-hybridized carbons (Fsp3) is 0.652. The number of rotatable bonds is 10. The second-order valence-corrected chi connectivity index (χ2v) is 9.72. The van der Waals surface area contributed by atoms with Crippen molar-refractivity contribution in [3.05, 3.63) is 40.2 Å². The minimum absolute atomic E-state index is 0.108. The highest BCUT2D eigenvalue weighted by molar-refractivity contribution is 7.09. The van der Waals surface area contributed by atoms with E-state index in [1.54, 1.807) is 17.6 Å². The Kier molecular flexibility index (Phi) is 9.36. The summed E-state index contributed by atoms with van der Waals surface area (Å²) in [6.45, 7) is 13.8. The third-order valence-electron chi connectivity index (χ3n) is 5.12. The number of morpholine rings is 1. The fourth-order valence-corrected chi connectivity index (χ4v) is 4.26. The first-order valence-corrected chi connectivity index (χ1v) is 12.2. The molecule has 8 heteroatoms. The largest absolute Gasteiger partial charge is 0.469 e. The highest BCUT2D eigenvalue weighted by Crippen LogP contribution is 2.25. The first-order valence-electron chi connectivity index (χ1n) is 11.3. The summed E-state index contributed by atoms with van der Waals surface area (Å²) in [5.41, 5.74) is 1.25. The van der Waals surface area contributed by atoms with Crippen molar-refractivity contribution < 1.29 is 9.15 Å². The van der Waals surface area contributed by atoms with Crippen LogP contribution in [0.15, 0.2) is 33.2 Å². The minimum atomic E-state index is 0.108. The zero-order valence-corrected chi connectivity index (χ0v) is 20.0. The summed E-state index contributed by atoms with van der Waals surface area (Å²) in [4.78, 5) is 12.0. The molecule has 1 saturated heterocycles. The molecule has 0 radical (unpaired) electrons. The molecule has 0 aromatic carbocycles. The highest BCUT2D eigenvalue weighted by atomic mass is 32.1. The van der Waals surface area contributed by atoms with Gasteiger partial charge in [0.2, 0.25) is 0 Å². The van der Waals surface area contributed by atoms with Crippen LogP contribution < -0.4 is 10.6 Å². The molecule has 31 heavy (non-hydrogen) atoms. The van der Waals surface area contributed by atoms with Crippen LogP contribution >= 0.6 is 11.3 Å². The summed E-state index contributed by atoms with van der Waals surface area (Å²) in [7, 11) is 0. The van der Waals surface area contributed by atoms with E-state index in [1.165, 1.54) is 5.01 Å². The van der Waals surface area contributed by atoms with Crippen molar-refractivity contribution in [1.29, 1.82) is 0 Å². The lowest BCUT2D eigenvalue weighted by molar-refractivity contribution is 0.0377.